The molecule has 0 aliphatic heterocycles. The largest absolute Gasteiger partial charge is 0.494 e. The molecule has 0 saturated carbocycles. The maximum absolute atomic E-state index is 14.0. The number of anilines is 1. The van der Waals surface area contributed by atoms with Crippen LogP contribution in [0.15, 0.2) is 36.4 Å². The number of nitrogen functional groups attached to an aromatic ring is 1. The van der Waals surface area contributed by atoms with Crippen molar-refractivity contribution in [2.75, 3.05) is 12.8 Å². The molecule has 0 bridgehead atoms. The number of nitrogens with one attached hydrogen (secondary N) is 1. The van der Waals surface area contributed by atoms with Gasteiger partial charge in [-0.1, -0.05) is 24.3 Å². The SMILES string of the molecule is COc1cc(F)cc2c1nc(N)n1nc(CN[C@H](c3ccc(C(C)(C)O)cc3)C(F)(F)F)nc21. The topological polar surface area (TPSA) is 111 Å². The van der Waals surface area contributed by atoms with Gasteiger partial charge in [0.2, 0.25) is 5.95 Å². The van der Waals surface area contributed by atoms with Crippen LogP contribution in [0.1, 0.15) is 36.8 Å². The average Bonchev–Trinajstić information content (AvgIpc) is 3.18. The summed E-state index contributed by atoms with van der Waals surface area (Å²) in [7, 11) is 1.35. The molecule has 0 fully saturated rings. The maximum atomic E-state index is 14.0. The number of ether oxygens (including phenoxy) is 1. The molecule has 0 radical (unpaired) electrons. The molecule has 0 spiro atoms. The van der Waals surface area contributed by atoms with Gasteiger partial charge < -0.3 is 15.6 Å². The average molecular weight is 478 g/mol. The first-order valence-corrected chi connectivity index (χ1v) is 10.2. The third-order valence-corrected chi connectivity index (χ3v) is 5.34. The van der Waals surface area contributed by atoms with Gasteiger partial charge in [-0.15, -0.1) is 5.10 Å². The van der Waals surface area contributed by atoms with Crippen LogP contribution < -0.4 is 15.8 Å². The van der Waals surface area contributed by atoms with Crippen molar-refractivity contribution in [1.82, 2.24) is 24.9 Å². The lowest BCUT2D eigenvalue weighted by molar-refractivity contribution is -0.158. The Morgan fingerprint density at radius 3 is 2.41 bits per heavy atom. The van der Waals surface area contributed by atoms with Crippen molar-refractivity contribution in [3.05, 3.63) is 59.2 Å². The zero-order valence-electron chi connectivity index (χ0n) is 18.5. The van der Waals surface area contributed by atoms with Crippen LogP contribution in [0, 0.1) is 5.82 Å². The summed E-state index contributed by atoms with van der Waals surface area (Å²) in [6.07, 6.45) is -4.61. The fourth-order valence-corrected chi connectivity index (χ4v) is 3.64. The highest BCUT2D eigenvalue weighted by Crippen LogP contribution is 2.34. The number of nitrogens with two attached hydrogens (primary N) is 1. The summed E-state index contributed by atoms with van der Waals surface area (Å²) in [5, 5.41) is 16.9. The van der Waals surface area contributed by atoms with Gasteiger partial charge in [0, 0.05) is 6.07 Å². The highest BCUT2D eigenvalue weighted by Gasteiger charge is 2.40. The van der Waals surface area contributed by atoms with Crippen LogP contribution in [-0.4, -0.2) is 38.0 Å². The molecule has 12 heteroatoms. The van der Waals surface area contributed by atoms with Crippen molar-refractivity contribution in [2.45, 2.75) is 38.2 Å². The Morgan fingerprint density at radius 2 is 1.82 bits per heavy atom. The molecule has 180 valence electrons. The molecule has 4 N–H and O–H groups in total. The molecule has 0 amide bonds. The van der Waals surface area contributed by atoms with Gasteiger partial charge >= 0.3 is 6.18 Å². The lowest BCUT2D eigenvalue weighted by Gasteiger charge is -2.23. The van der Waals surface area contributed by atoms with E-state index in [1.165, 1.54) is 37.4 Å². The number of hydrogen-bond donors (Lipinski definition) is 3. The molecule has 1 atom stereocenters. The first kappa shape index (κ1) is 23.6. The van der Waals surface area contributed by atoms with Crippen molar-refractivity contribution in [2.24, 2.45) is 0 Å². The number of fused-ring (bicyclic) bond motifs is 3. The molecule has 0 aliphatic carbocycles. The van der Waals surface area contributed by atoms with Crippen molar-refractivity contribution < 1.29 is 27.4 Å². The van der Waals surface area contributed by atoms with Crippen molar-refractivity contribution in [3.63, 3.8) is 0 Å². The first-order chi connectivity index (χ1) is 15.9. The van der Waals surface area contributed by atoms with Crippen LogP contribution >= 0.6 is 0 Å². The van der Waals surface area contributed by atoms with Gasteiger partial charge in [0.25, 0.3) is 0 Å². The van der Waals surface area contributed by atoms with E-state index in [0.717, 1.165) is 10.6 Å². The summed E-state index contributed by atoms with van der Waals surface area (Å²) in [6, 6.07) is 5.80. The Labute approximate surface area is 191 Å². The number of alkyl halides is 3. The number of methoxy groups -OCH3 is 1. The predicted molar refractivity (Wildman–Crippen MR) is 117 cm³/mol. The minimum absolute atomic E-state index is 0.00610. The highest BCUT2D eigenvalue weighted by atomic mass is 19.4. The molecule has 0 aliphatic rings. The molecule has 2 aromatic heterocycles. The standard InChI is InChI=1S/C22H22F4N6O2/c1-21(2,33)12-6-4-11(5-7-12)18(22(24,25)26)28-10-16-29-19-14-8-13(23)9-15(34-3)17(14)30-20(27)32(19)31-16/h4-9,18,28,33H,10H2,1-3H3,(H2,27,30)/t18-/m1/s1. The zero-order valence-corrected chi connectivity index (χ0v) is 18.5. The second kappa shape index (κ2) is 8.37. The lowest BCUT2D eigenvalue weighted by Crippen LogP contribution is -2.34. The number of aliphatic hydroxyl groups is 1. The van der Waals surface area contributed by atoms with E-state index in [2.05, 4.69) is 20.4 Å². The molecule has 8 nitrogen and oxygen atoms in total. The highest BCUT2D eigenvalue weighted by molar-refractivity contribution is 5.95. The molecule has 0 unspecified atom stereocenters. The number of halogens is 4. The number of aromatic nitrogens is 4. The van der Waals surface area contributed by atoms with Gasteiger partial charge in [-0.3, -0.25) is 5.32 Å². The van der Waals surface area contributed by atoms with E-state index in [4.69, 9.17) is 10.5 Å². The second-order valence-corrected chi connectivity index (χ2v) is 8.27. The molecular weight excluding hydrogens is 456 g/mol. The molecule has 4 rings (SSSR count). The summed E-state index contributed by atoms with van der Waals surface area (Å²) in [6.45, 7) is 2.73. The van der Waals surface area contributed by atoms with Crippen LogP contribution in [0.2, 0.25) is 0 Å². The molecule has 34 heavy (non-hydrogen) atoms. The van der Waals surface area contributed by atoms with Crippen LogP contribution in [-0.2, 0) is 12.1 Å². The van der Waals surface area contributed by atoms with Crippen LogP contribution in [0.25, 0.3) is 16.6 Å². The van der Waals surface area contributed by atoms with E-state index in [0.29, 0.717) is 5.56 Å². The zero-order chi connectivity index (χ0) is 24.8. The van der Waals surface area contributed by atoms with Gasteiger partial charge in [-0.05, 0) is 31.0 Å². The monoisotopic (exact) mass is 478 g/mol. The van der Waals surface area contributed by atoms with Crippen molar-refractivity contribution in [1.29, 1.82) is 0 Å². The van der Waals surface area contributed by atoms with Crippen LogP contribution in [0.3, 0.4) is 0 Å². The van der Waals surface area contributed by atoms with Gasteiger partial charge in [-0.25, -0.2) is 14.4 Å². The summed E-state index contributed by atoms with van der Waals surface area (Å²) in [5.41, 5.74) is 5.59. The van der Waals surface area contributed by atoms with Crippen LogP contribution in [0.5, 0.6) is 5.75 Å². The minimum Gasteiger partial charge on any atom is -0.494 e. The predicted octanol–water partition coefficient (Wildman–Crippen LogP) is 3.63. The molecule has 4 aromatic rings. The van der Waals surface area contributed by atoms with E-state index >= 15 is 0 Å². The molecule has 2 aromatic carbocycles. The normalized spacial score (nSPS) is 13.5. The maximum Gasteiger partial charge on any atom is 0.407 e. The minimum atomic E-state index is -4.61. The summed E-state index contributed by atoms with van der Waals surface area (Å²) >= 11 is 0. The van der Waals surface area contributed by atoms with Crippen molar-refractivity contribution >= 4 is 22.5 Å². The van der Waals surface area contributed by atoms with E-state index < -0.39 is 23.6 Å². The first-order valence-electron chi connectivity index (χ1n) is 10.2. The Bertz CT molecular complexity index is 1350. The number of nitrogens with zero attached hydrogens (tertiary/aromatic N) is 4. The van der Waals surface area contributed by atoms with Gasteiger partial charge in [-0.2, -0.15) is 17.7 Å². The fourth-order valence-electron chi connectivity index (χ4n) is 3.64. The van der Waals surface area contributed by atoms with E-state index in [9.17, 15) is 22.7 Å². The van der Waals surface area contributed by atoms with Crippen molar-refractivity contribution in [3.8, 4) is 5.75 Å². The van der Waals surface area contributed by atoms with E-state index in [1.807, 2.05) is 0 Å². The Kier molecular flexibility index (Phi) is 5.82. The smallest absolute Gasteiger partial charge is 0.407 e. The summed E-state index contributed by atoms with van der Waals surface area (Å²) in [4.78, 5) is 8.42. The third-order valence-electron chi connectivity index (χ3n) is 5.34. The molecule has 0 saturated heterocycles. The van der Waals surface area contributed by atoms with E-state index in [1.54, 1.807) is 13.8 Å². The second-order valence-electron chi connectivity index (χ2n) is 8.27. The Hall–Kier alpha value is -3.51. The summed E-state index contributed by atoms with van der Waals surface area (Å²) in [5.74, 6) is -0.544. The van der Waals surface area contributed by atoms with Gasteiger partial charge in [0.05, 0.1) is 24.6 Å². The Morgan fingerprint density at radius 1 is 1.15 bits per heavy atom. The van der Waals surface area contributed by atoms with Crippen LogP contribution in [0.4, 0.5) is 23.5 Å². The number of hydrogen-bond acceptors (Lipinski definition) is 7. The van der Waals surface area contributed by atoms with Gasteiger partial charge in [0.1, 0.15) is 23.1 Å². The third kappa shape index (κ3) is 4.46. The molecular formula is C22H22F4N6O2. The fraction of sp³-hybridized carbons (Fsp3) is 0.318. The number of rotatable bonds is 6. The van der Waals surface area contributed by atoms with Gasteiger partial charge in [0.15, 0.2) is 11.5 Å². The van der Waals surface area contributed by atoms with E-state index in [-0.39, 0.29) is 46.2 Å². The quantitative estimate of drug-likeness (QED) is 0.363. The number of benzene rings is 2. The Balaban J connectivity index is 1.67. The lowest BCUT2D eigenvalue weighted by atomic mass is 9.95. The molecule has 2 heterocycles. The summed E-state index contributed by atoms with van der Waals surface area (Å²) < 4.78 is 61.7.